The Morgan fingerprint density at radius 1 is 1.10 bits per heavy atom. The first-order chi connectivity index (χ1) is 14.8. The van der Waals surface area contributed by atoms with Crippen molar-refractivity contribution in [2.75, 3.05) is 58.7 Å². The first-order valence-electron chi connectivity index (χ1n) is 10.2. The summed E-state index contributed by atoms with van der Waals surface area (Å²) in [6, 6.07) is 11.3. The number of nitrogens with zero attached hydrogens (tertiary/aromatic N) is 2. The molecule has 1 atom stereocenters. The molecule has 0 spiro atoms. The van der Waals surface area contributed by atoms with Gasteiger partial charge in [0.1, 0.15) is 11.5 Å². The highest BCUT2D eigenvalue weighted by Crippen LogP contribution is 2.31. The summed E-state index contributed by atoms with van der Waals surface area (Å²) in [5.41, 5.74) is 4.06. The molecule has 2 amide bonds. The van der Waals surface area contributed by atoms with E-state index in [1.165, 1.54) is 18.4 Å². The summed E-state index contributed by atoms with van der Waals surface area (Å²) in [6.07, 6.45) is 1.01. The van der Waals surface area contributed by atoms with Crippen molar-refractivity contribution in [3.8, 4) is 11.5 Å². The van der Waals surface area contributed by atoms with Crippen molar-refractivity contribution in [2.45, 2.75) is 12.5 Å². The Kier molecular flexibility index (Phi) is 7.02. The second kappa shape index (κ2) is 9.70. The van der Waals surface area contributed by atoms with E-state index in [1.54, 1.807) is 25.3 Å². The fourth-order valence-electron chi connectivity index (χ4n) is 3.74. The van der Waals surface area contributed by atoms with E-state index in [9.17, 15) is 9.59 Å². The number of ether oxygens (including phenoxy) is 2. The third-order valence-electron chi connectivity index (χ3n) is 5.56. The Morgan fingerprint density at radius 3 is 2.55 bits per heavy atom. The van der Waals surface area contributed by atoms with Crippen LogP contribution in [-0.4, -0.2) is 65.2 Å². The van der Waals surface area contributed by atoms with E-state index in [-0.39, 0.29) is 6.04 Å². The molecule has 2 aromatic carbocycles. The highest BCUT2D eigenvalue weighted by atomic mass is 16.5. The van der Waals surface area contributed by atoms with Gasteiger partial charge in [0.2, 0.25) is 0 Å². The largest absolute Gasteiger partial charge is 0.497 e. The quantitative estimate of drug-likeness (QED) is 0.660. The molecular formula is C23H30N4O4. The molecule has 1 heterocycles. The molecule has 0 bridgehead atoms. The number of likely N-dealkylation sites (N-methyl/N-ethyl adjacent to an activating group) is 2. The van der Waals surface area contributed by atoms with Crippen LogP contribution in [-0.2, 0) is 16.0 Å². The summed E-state index contributed by atoms with van der Waals surface area (Å²) >= 11 is 0. The number of methoxy groups -OCH3 is 2. The van der Waals surface area contributed by atoms with Crippen LogP contribution in [0.4, 0.5) is 11.4 Å². The standard InChI is InChI=1S/C23H30N4O4/c1-26(2)20(15-6-9-19-16(12-15)10-11-27(19)3)14-24-22(28)23(29)25-18-8-7-17(30-4)13-21(18)31-5/h6-9,12-13,20H,10-11,14H2,1-5H3,(H,24,28)(H,25,29)/t20-/m0/s1. The van der Waals surface area contributed by atoms with Crippen molar-refractivity contribution in [2.24, 2.45) is 0 Å². The third kappa shape index (κ3) is 5.08. The number of anilines is 2. The minimum absolute atomic E-state index is 0.0523. The van der Waals surface area contributed by atoms with Gasteiger partial charge in [-0.2, -0.15) is 0 Å². The number of fused-ring (bicyclic) bond motifs is 1. The maximum absolute atomic E-state index is 12.4. The van der Waals surface area contributed by atoms with Gasteiger partial charge in [0.15, 0.2) is 0 Å². The van der Waals surface area contributed by atoms with Gasteiger partial charge < -0.3 is 29.9 Å². The van der Waals surface area contributed by atoms with Crippen molar-refractivity contribution in [1.82, 2.24) is 10.2 Å². The van der Waals surface area contributed by atoms with E-state index < -0.39 is 11.8 Å². The number of benzene rings is 2. The molecule has 1 aliphatic heterocycles. The molecule has 8 heteroatoms. The summed E-state index contributed by atoms with van der Waals surface area (Å²) in [4.78, 5) is 29.1. The highest BCUT2D eigenvalue weighted by Gasteiger charge is 2.22. The molecule has 0 aromatic heterocycles. The van der Waals surface area contributed by atoms with Crippen LogP contribution in [0.5, 0.6) is 11.5 Å². The smallest absolute Gasteiger partial charge is 0.313 e. The van der Waals surface area contributed by atoms with Gasteiger partial charge in [0.25, 0.3) is 0 Å². The topological polar surface area (TPSA) is 83.1 Å². The average Bonchev–Trinajstić information content (AvgIpc) is 3.13. The Bertz CT molecular complexity index is 961. The van der Waals surface area contributed by atoms with Crippen LogP contribution < -0.4 is 25.0 Å². The van der Waals surface area contributed by atoms with E-state index in [1.807, 2.05) is 19.0 Å². The zero-order valence-electron chi connectivity index (χ0n) is 18.7. The molecular weight excluding hydrogens is 396 g/mol. The van der Waals surface area contributed by atoms with Crippen molar-refractivity contribution < 1.29 is 19.1 Å². The first kappa shape index (κ1) is 22.4. The summed E-state index contributed by atoms with van der Waals surface area (Å²) in [5, 5.41) is 5.34. The molecule has 0 saturated carbocycles. The van der Waals surface area contributed by atoms with E-state index in [4.69, 9.17) is 9.47 Å². The molecule has 2 aromatic rings. The third-order valence-corrected chi connectivity index (χ3v) is 5.56. The second-order valence-electron chi connectivity index (χ2n) is 7.77. The van der Waals surface area contributed by atoms with Gasteiger partial charge >= 0.3 is 11.8 Å². The lowest BCUT2D eigenvalue weighted by Crippen LogP contribution is -2.40. The minimum Gasteiger partial charge on any atom is -0.497 e. The van der Waals surface area contributed by atoms with Crippen LogP contribution in [0.1, 0.15) is 17.2 Å². The monoisotopic (exact) mass is 426 g/mol. The second-order valence-corrected chi connectivity index (χ2v) is 7.77. The Balaban J connectivity index is 1.65. The molecule has 0 unspecified atom stereocenters. The fourth-order valence-corrected chi connectivity index (χ4v) is 3.74. The predicted octanol–water partition coefficient (Wildman–Crippen LogP) is 2.05. The van der Waals surface area contributed by atoms with E-state index in [0.717, 1.165) is 18.5 Å². The van der Waals surface area contributed by atoms with Gasteiger partial charge in [-0.05, 0) is 49.8 Å². The van der Waals surface area contributed by atoms with Gasteiger partial charge in [-0.15, -0.1) is 0 Å². The molecule has 0 aliphatic carbocycles. The fraction of sp³-hybridized carbons (Fsp3) is 0.391. The molecule has 166 valence electrons. The van der Waals surface area contributed by atoms with Gasteiger partial charge in [-0.25, -0.2) is 0 Å². The molecule has 0 saturated heterocycles. The zero-order chi connectivity index (χ0) is 22.5. The van der Waals surface area contributed by atoms with E-state index in [2.05, 4.69) is 40.8 Å². The van der Waals surface area contributed by atoms with Crippen LogP contribution in [0.3, 0.4) is 0 Å². The Morgan fingerprint density at radius 2 is 1.87 bits per heavy atom. The summed E-state index contributed by atoms with van der Waals surface area (Å²) in [6.45, 7) is 1.32. The number of amides is 2. The molecule has 2 N–H and O–H groups in total. The van der Waals surface area contributed by atoms with Crippen molar-refractivity contribution >= 4 is 23.2 Å². The highest BCUT2D eigenvalue weighted by molar-refractivity contribution is 6.39. The number of carbonyl (C=O) groups excluding carboxylic acids is 2. The van der Waals surface area contributed by atoms with Gasteiger partial charge in [-0.1, -0.05) is 12.1 Å². The summed E-state index contributed by atoms with van der Waals surface area (Å²) < 4.78 is 10.4. The van der Waals surface area contributed by atoms with Crippen molar-refractivity contribution in [3.05, 3.63) is 47.5 Å². The van der Waals surface area contributed by atoms with Gasteiger partial charge in [-0.3, -0.25) is 9.59 Å². The number of nitrogens with one attached hydrogen (secondary N) is 2. The number of rotatable bonds is 7. The van der Waals surface area contributed by atoms with Crippen LogP contribution in [0.15, 0.2) is 36.4 Å². The Labute approximate surface area is 183 Å². The zero-order valence-corrected chi connectivity index (χ0v) is 18.7. The van der Waals surface area contributed by atoms with Crippen LogP contribution >= 0.6 is 0 Å². The minimum atomic E-state index is -0.753. The Hall–Kier alpha value is -3.26. The van der Waals surface area contributed by atoms with E-state index in [0.29, 0.717) is 23.7 Å². The van der Waals surface area contributed by atoms with Crippen LogP contribution in [0.25, 0.3) is 0 Å². The number of carbonyl (C=O) groups is 2. The lowest BCUT2D eigenvalue weighted by atomic mass is 10.0. The number of hydrogen-bond acceptors (Lipinski definition) is 6. The molecule has 8 nitrogen and oxygen atoms in total. The van der Waals surface area contributed by atoms with Crippen LogP contribution in [0, 0.1) is 0 Å². The molecule has 3 rings (SSSR count). The van der Waals surface area contributed by atoms with Crippen molar-refractivity contribution in [1.29, 1.82) is 0 Å². The van der Waals surface area contributed by atoms with Gasteiger partial charge in [0.05, 0.1) is 25.9 Å². The lowest BCUT2D eigenvalue weighted by molar-refractivity contribution is -0.136. The van der Waals surface area contributed by atoms with Crippen LogP contribution in [0.2, 0.25) is 0 Å². The molecule has 0 fully saturated rings. The first-order valence-corrected chi connectivity index (χ1v) is 10.2. The number of hydrogen-bond donors (Lipinski definition) is 2. The SMILES string of the molecule is COc1ccc(NC(=O)C(=O)NC[C@@H](c2ccc3c(c2)CCN3C)N(C)C)c(OC)c1. The normalized spacial score (nSPS) is 13.5. The summed E-state index contributed by atoms with van der Waals surface area (Å²) in [5.74, 6) is -0.453. The molecule has 31 heavy (non-hydrogen) atoms. The van der Waals surface area contributed by atoms with E-state index >= 15 is 0 Å². The molecule has 1 aliphatic rings. The maximum atomic E-state index is 12.4. The van der Waals surface area contributed by atoms with Gasteiger partial charge in [0, 0.05) is 31.9 Å². The van der Waals surface area contributed by atoms with Crippen molar-refractivity contribution in [3.63, 3.8) is 0 Å². The predicted molar refractivity (Wildman–Crippen MR) is 121 cm³/mol. The maximum Gasteiger partial charge on any atom is 0.313 e. The average molecular weight is 427 g/mol. The molecule has 0 radical (unpaired) electrons. The summed E-state index contributed by atoms with van der Waals surface area (Å²) in [7, 11) is 9.03. The lowest BCUT2D eigenvalue weighted by Gasteiger charge is -2.26.